The molecular formula is C17H9F7N2OS. The van der Waals surface area contributed by atoms with Gasteiger partial charge in [-0.3, -0.25) is 0 Å². The molecule has 0 unspecified atom stereocenters. The van der Waals surface area contributed by atoms with Crippen LogP contribution >= 0.6 is 11.3 Å². The largest absolute Gasteiger partial charge is 0.438 e. The Bertz CT molecular complexity index is 994. The second-order valence-corrected chi connectivity index (χ2v) is 6.50. The average molecular weight is 422 g/mol. The highest BCUT2D eigenvalue weighted by molar-refractivity contribution is 7.10. The van der Waals surface area contributed by atoms with Crippen LogP contribution in [0.2, 0.25) is 0 Å². The van der Waals surface area contributed by atoms with Crippen LogP contribution in [0, 0.1) is 12.9 Å². The van der Waals surface area contributed by atoms with Gasteiger partial charge in [-0.1, -0.05) is 12.1 Å². The molecule has 0 saturated carbocycles. The minimum Gasteiger partial charge on any atom is -0.438 e. The van der Waals surface area contributed by atoms with Crippen LogP contribution in [-0.4, -0.2) is 9.97 Å². The average Bonchev–Trinajstić information content (AvgIpc) is 3.07. The molecule has 0 aliphatic heterocycles. The van der Waals surface area contributed by atoms with Crippen LogP contribution in [0.5, 0.6) is 11.6 Å². The molecule has 0 N–H and O–H groups in total. The topological polar surface area (TPSA) is 35.0 Å². The monoisotopic (exact) mass is 422 g/mol. The summed E-state index contributed by atoms with van der Waals surface area (Å²) in [4.78, 5) is 6.59. The van der Waals surface area contributed by atoms with E-state index in [0.29, 0.717) is 11.3 Å². The van der Waals surface area contributed by atoms with E-state index in [-0.39, 0.29) is 28.6 Å². The first-order valence-electron chi connectivity index (χ1n) is 7.50. The molecule has 0 fully saturated rings. The molecule has 2 aromatic heterocycles. The first-order valence-corrected chi connectivity index (χ1v) is 8.38. The summed E-state index contributed by atoms with van der Waals surface area (Å²) in [5.74, 6) is -1.81. The number of nitrogens with zero attached hydrogens (tertiary/aromatic N) is 2. The lowest BCUT2D eigenvalue weighted by Gasteiger charge is -2.10. The Kier molecular flexibility index (Phi) is 5.04. The van der Waals surface area contributed by atoms with Crippen molar-refractivity contribution < 1.29 is 35.5 Å². The van der Waals surface area contributed by atoms with Crippen molar-refractivity contribution >= 4 is 11.3 Å². The van der Waals surface area contributed by atoms with Crippen LogP contribution < -0.4 is 4.74 Å². The third-order valence-corrected chi connectivity index (χ3v) is 4.53. The molecule has 28 heavy (non-hydrogen) atoms. The summed E-state index contributed by atoms with van der Waals surface area (Å²) in [5.41, 5.74) is -0.980. The number of benzene rings is 1. The highest BCUT2D eigenvalue weighted by atomic mass is 32.1. The molecule has 2 heterocycles. The third-order valence-electron chi connectivity index (χ3n) is 3.58. The summed E-state index contributed by atoms with van der Waals surface area (Å²) in [7, 11) is 0. The van der Waals surface area contributed by atoms with Crippen molar-refractivity contribution in [3.05, 3.63) is 57.7 Å². The van der Waals surface area contributed by atoms with Crippen LogP contribution in [-0.2, 0) is 12.4 Å². The van der Waals surface area contributed by atoms with Crippen molar-refractivity contribution in [1.29, 1.82) is 0 Å². The summed E-state index contributed by atoms with van der Waals surface area (Å²) in [5, 5.41) is 1.08. The van der Waals surface area contributed by atoms with Gasteiger partial charge in [0, 0.05) is 17.0 Å². The lowest BCUT2D eigenvalue weighted by Crippen LogP contribution is -2.05. The molecule has 148 valence electrons. The zero-order chi connectivity index (χ0) is 20.7. The number of halogens is 7. The SMILES string of the molecule is Cc1c(F)nc(-c2ccc(C(F)(F)F)cc2)nc1Oc1csc(C(F)(F)F)c1. The van der Waals surface area contributed by atoms with Crippen molar-refractivity contribution in [2.45, 2.75) is 19.3 Å². The van der Waals surface area contributed by atoms with Gasteiger partial charge in [-0.15, -0.1) is 11.3 Å². The van der Waals surface area contributed by atoms with E-state index in [1.54, 1.807) is 0 Å². The molecule has 3 rings (SSSR count). The zero-order valence-electron chi connectivity index (χ0n) is 13.8. The molecule has 3 aromatic rings. The molecule has 11 heteroatoms. The van der Waals surface area contributed by atoms with Gasteiger partial charge in [0.1, 0.15) is 10.6 Å². The second kappa shape index (κ2) is 7.04. The fraction of sp³-hybridized carbons (Fsp3) is 0.176. The molecule has 0 amide bonds. The maximum Gasteiger partial charge on any atom is 0.425 e. The third kappa shape index (κ3) is 4.24. The minimum absolute atomic E-state index is 0.0815. The maximum absolute atomic E-state index is 14.1. The molecule has 0 radical (unpaired) electrons. The summed E-state index contributed by atoms with van der Waals surface area (Å²) in [6.45, 7) is 1.26. The second-order valence-electron chi connectivity index (χ2n) is 5.59. The van der Waals surface area contributed by atoms with Gasteiger partial charge in [0.2, 0.25) is 11.8 Å². The van der Waals surface area contributed by atoms with Crippen LogP contribution in [0.1, 0.15) is 16.0 Å². The van der Waals surface area contributed by atoms with Gasteiger partial charge in [0.15, 0.2) is 5.82 Å². The predicted molar refractivity (Wildman–Crippen MR) is 86.6 cm³/mol. The molecule has 0 atom stereocenters. The summed E-state index contributed by atoms with van der Waals surface area (Å²) < 4.78 is 95.3. The lowest BCUT2D eigenvalue weighted by atomic mass is 10.1. The Hall–Kier alpha value is -2.69. The summed E-state index contributed by atoms with van der Waals surface area (Å²) in [6, 6.07) is 4.42. The molecule has 0 spiro atoms. The number of aromatic nitrogens is 2. The number of hydrogen-bond acceptors (Lipinski definition) is 4. The highest BCUT2D eigenvalue weighted by Gasteiger charge is 2.33. The molecular weight excluding hydrogens is 413 g/mol. The molecule has 3 nitrogen and oxygen atoms in total. The van der Waals surface area contributed by atoms with Gasteiger partial charge in [0.25, 0.3) is 0 Å². The predicted octanol–water partition coefficient (Wildman–Crippen LogP) is 6.48. The van der Waals surface area contributed by atoms with E-state index < -0.39 is 28.7 Å². The number of rotatable bonds is 3. The van der Waals surface area contributed by atoms with E-state index in [4.69, 9.17) is 4.74 Å². The van der Waals surface area contributed by atoms with Crippen molar-refractivity contribution in [2.75, 3.05) is 0 Å². The van der Waals surface area contributed by atoms with Crippen LogP contribution in [0.4, 0.5) is 30.7 Å². The van der Waals surface area contributed by atoms with E-state index in [1.165, 1.54) is 6.92 Å². The maximum atomic E-state index is 14.1. The quantitative estimate of drug-likeness (QED) is 0.358. The zero-order valence-corrected chi connectivity index (χ0v) is 14.6. The van der Waals surface area contributed by atoms with Crippen molar-refractivity contribution in [1.82, 2.24) is 9.97 Å². The van der Waals surface area contributed by atoms with Gasteiger partial charge in [-0.05, 0) is 19.1 Å². The normalized spacial score (nSPS) is 12.3. The number of ether oxygens (including phenoxy) is 1. The number of thiophene rings is 1. The van der Waals surface area contributed by atoms with Crippen molar-refractivity contribution in [3.8, 4) is 23.0 Å². The van der Waals surface area contributed by atoms with Gasteiger partial charge >= 0.3 is 12.4 Å². The van der Waals surface area contributed by atoms with E-state index >= 15 is 0 Å². The van der Waals surface area contributed by atoms with Gasteiger partial charge in [-0.25, -0.2) is 0 Å². The van der Waals surface area contributed by atoms with E-state index in [2.05, 4.69) is 9.97 Å². The molecule has 0 saturated heterocycles. The van der Waals surface area contributed by atoms with Crippen molar-refractivity contribution in [2.24, 2.45) is 0 Å². The van der Waals surface area contributed by atoms with E-state index in [0.717, 1.165) is 35.7 Å². The van der Waals surface area contributed by atoms with Crippen LogP contribution in [0.15, 0.2) is 35.7 Å². The first kappa shape index (κ1) is 20.1. The van der Waals surface area contributed by atoms with Crippen molar-refractivity contribution in [3.63, 3.8) is 0 Å². The Labute approximate surface area is 157 Å². The highest BCUT2D eigenvalue weighted by Crippen LogP contribution is 2.38. The molecule has 0 aliphatic carbocycles. The Morgan fingerprint density at radius 3 is 2.11 bits per heavy atom. The van der Waals surface area contributed by atoms with Crippen LogP contribution in [0.3, 0.4) is 0 Å². The summed E-state index contributed by atoms with van der Waals surface area (Å²) >= 11 is 0.397. The molecule has 1 aromatic carbocycles. The Morgan fingerprint density at radius 1 is 0.929 bits per heavy atom. The van der Waals surface area contributed by atoms with Gasteiger partial charge < -0.3 is 4.74 Å². The van der Waals surface area contributed by atoms with Crippen LogP contribution in [0.25, 0.3) is 11.4 Å². The van der Waals surface area contributed by atoms with E-state index in [9.17, 15) is 30.7 Å². The first-order chi connectivity index (χ1) is 12.9. The minimum atomic E-state index is -4.55. The fourth-order valence-corrected chi connectivity index (χ4v) is 2.82. The van der Waals surface area contributed by atoms with Gasteiger partial charge in [0.05, 0.1) is 11.1 Å². The fourth-order valence-electron chi connectivity index (χ4n) is 2.14. The molecule has 0 bridgehead atoms. The molecule has 0 aliphatic rings. The Balaban J connectivity index is 1.94. The number of hydrogen-bond donors (Lipinski definition) is 0. The summed E-state index contributed by atoms with van der Waals surface area (Å²) in [6.07, 6.45) is -9.09. The number of alkyl halides is 6. The smallest absolute Gasteiger partial charge is 0.425 e. The van der Waals surface area contributed by atoms with Gasteiger partial charge in [-0.2, -0.15) is 40.7 Å². The Morgan fingerprint density at radius 2 is 1.57 bits per heavy atom. The standard InChI is InChI=1S/C17H9F7N2OS/c1-8-13(18)25-14(9-2-4-10(5-3-9)16(19,20)21)26-15(8)27-11-6-12(28-7-11)17(22,23)24/h2-7H,1H3. The van der Waals surface area contributed by atoms with E-state index in [1.807, 2.05) is 0 Å². The lowest BCUT2D eigenvalue weighted by molar-refractivity contribution is -0.137.